The van der Waals surface area contributed by atoms with Crippen LogP contribution in [-0.4, -0.2) is 40.3 Å². The van der Waals surface area contributed by atoms with E-state index in [0.717, 1.165) is 48.0 Å². The lowest BCUT2D eigenvalue weighted by atomic mass is 10.2. The second-order valence-electron chi connectivity index (χ2n) is 6.34. The predicted octanol–water partition coefficient (Wildman–Crippen LogP) is 1.78. The average Bonchev–Trinajstić information content (AvgIpc) is 3.04. The Morgan fingerprint density at radius 1 is 1.36 bits per heavy atom. The molecule has 7 heteroatoms. The number of aryl methyl sites for hydroxylation is 2. The molecule has 3 rings (SSSR count). The van der Waals surface area contributed by atoms with E-state index in [1.807, 2.05) is 26.0 Å². The fraction of sp³-hybridized carbons (Fsp3) is 0.444. The molecule has 1 fully saturated rings. The smallest absolute Gasteiger partial charge is 0.217 e. The van der Waals surface area contributed by atoms with Crippen molar-refractivity contribution in [3.05, 3.63) is 41.3 Å². The highest BCUT2D eigenvalue weighted by atomic mass is 16.5. The maximum atomic E-state index is 11.0. The van der Waals surface area contributed by atoms with E-state index in [1.54, 1.807) is 6.20 Å². The van der Waals surface area contributed by atoms with Gasteiger partial charge in [0.25, 0.3) is 0 Å². The van der Waals surface area contributed by atoms with E-state index in [4.69, 9.17) is 4.74 Å². The number of nitrogens with zero attached hydrogens (tertiary/aromatic N) is 4. The minimum atomic E-state index is -0.0749. The number of hydrogen-bond donors (Lipinski definition) is 1. The fourth-order valence-corrected chi connectivity index (χ4v) is 2.75. The standard InChI is InChI=1S/C18H23N5O2/c1-12-8-18(22-21-13(12)2)23-7-5-17(11-23)25-16-4-6-19-15(9-16)10-20-14(3)24/h4,6,8-9,17H,5,7,10-11H2,1-3H3,(H,20,24). The molecule has 0 radical (unpaired) electrons. The lowest BCUT2D eigenvalue weighted by Gasteiger charge is -2.18. The van der Waals surface area contributed by atoms with Crippen LogP contribution in [0.15, 0.2) is 24.4 Å². The first-order chi connectivity index (χ1) is 12.0. The Labute approximate surface area is 147 Å². The van der Waals surface area contributed by atoms with Crippen LogP contribution in [-0.2, 0) is 11.3 Å². The van der Waals surface area contributed by atoms with Crippen LogP contribution in [0.25, 0.3) is 0 Å². The van der Waals surface area contributed by atoms with Gasteiger partial charge in [0.05, 0.1) is 24.5 Å². The van der Waals surface area contributed by atoms with E-state index in [9.17, 15) is 4.79 Å². The van der Waals surface area contributed by atoms with Gasteiger partial charge in [-0.15, -0.1) is 5.10 Å². The Morgan fingerprint density at radius 2 is 2.20 bits per heavy atom. The first kappa shape index (κ1) is 17.1. The van der Waals surface area contributed by atoms with Crippen LogP contribution in [0.4, 0.5) is 5.82 Å². The Bertz CT molecular complexity index is 765. The molecule has 1 aliphatic rings. The van der Waals surface area contributed by atoms with E-state index in [2.05, 4.69) is 31.5 Å². The Hall–Kier alpha value is -2.70. The van der Waals surface area contributed by atoms with Gasteiger partial charge >= 0.3 is 0 Å². The van der Waals surface area contributed by atoms with E-state index in [0.29, 0.717) is 6.54 Å². The summed E-state index contributed by atoms with van der Waals surface area (Å²) >= 11 is 0. The van der Waals surface area contributed by atoms with Crippen molar-refractivity contribution in [2.24, 2.45) is 0 Å². The van der Waals surface area contributed by atoms with Crippen molar-refractivity contribution < 1.29 is 9.53 Å². The molecule has 0 saturated carbocycles. The number of nitrogens with one attached hydrogen (secondary N) is 1. The predicted molar refractivity (Wildman–Crippen MR) is 94.5 cm³/mol. The molecule has 132 valence electrons. The van der Waals surface area contributed by atoms with E-state index >= 15 is 0 Å². The molecule has 1 amide bonds. The minimum Gasteiger partial charge on any atom is -0.488 e. The van der Waals surface area contributed by atoms with Crippen molar-refractivity contribution in [1.82, 2.24) is 20.5 Å². The third-order valence-corrected chi connectivity index (χ3v) is 4.30. The van der Waals surface area contributed by atoms with Gasteiger partial charge in [0.1, 0.15) is 11.9 Å². The van der Waals surface area contributed by atoms with Gasteiger partial charge in [0, 0.05) is 32.2 Å². The molecule has 2 aromatic rings. The fourth-order valence-electron chi connectivity index (χ4n) is 2.75. The number of carbonyl (C=O) groups is 1. The maximum Gasteiger partial charge on any atom is 0.217 e. The highest BCUT2D eigenvalue weighted by molar-refractivity contribution is 5.72. The Morgan fingerprint density at radius 3 is 2.96 bits per heavy atom. The van der Waals surface area contributed by atoms with Gasteiger partial charge in [-0.05, 0) is 31.5 Å². The summed E-state index contributed by atoms with van der Waals surface area (Å²) in [6, 6.07) is 5.78. The van der Waals surface area contributed by atoms with Gasteiger partial charge in [-0.1, -0.05) is 0 Å². The maximum absolute atomic E-state index is 11.0. The van der Waals surface area contributed by atoms with Crippen LogP contribution in [0.5, 0.6) is 5.75 Å². The SMILES string of the molecule is CC(=O)NCc1cc(OC2CCN(c3cc(C)c(C)nn3)C2)ccn1. The molecule has 1 atom stereocenters. The summed E-state index contributed by atoms with van der Waals surface area (Å²) in [5.41, 5.74) is 2.88. The van der Waals surface area contributed by atoms with Crippen LogP contribution in [0.1, 0.15) is 30.3 Å². The quantitative estimate of drug-likeness (QED) is 0.893. The Balaban J connectivity index is 1.60. The monoisotopic (exact) mass is 341 g/mol. The summed E-state index contributed by atoms with van der Waals surface area (Å²) in [6.45, 7) is 7.58. The topological polar surface area (TPSA) is 80.2 Å². The number of anilines is 1. The number of rotatable bonds is 5. The molecule has 0 spiro atoms. The van der Waals surface area contributed by atoms with Gasteiger partial charge in [-0.2, -0.15) is 5.10 Å². The summed E-state index contributed by atoms with van der Waals surface area (Å²) in [7, 11) is 0. The number of pyridine rings is 1. The van der Waals surface area contributed by atoms with Crippen LogP contribution < -0.4 is 15.0 Å². The van der Waals surface area contributed by atoms with Crippen LogP contribution >= 0.6 is 0 Å². The molecule has 1 saturated heterocycles. The summed E-state index contributed by atoms with van der Waals surface area (Å²) in [4.78, 5) is 17.5. The molecule has 1 aliphatic heterocycles. The Kier molecular flexibility index (Phi) is 5.11. The molecule has 0 aliphatic carbocycles. The minimum absolute atomic E-state index is 0.0749. The number of aromatic nitrogens is 3. The zero-order chi connectivity index (χ0) is 17.8. The van der Waals surface area contributed by atoms with Crippen LogP contribution in [0.2, 0.25) is 0 Å². The second-order valence-corrected chi connectivity index (χ2v) is 6.34. The van der Waals surface area contributed by atoms with Crippen molar-refractivity contribution >= 4 is 11.7 Å². The molecule has 25 heavy (non-hydrogen) atoms. The van der Waals surface area contributed by atoms with E-state index < -0.39 is 0 Å². The van der Waals surface area contributed by atoms with Crippen LogP contribution in [0, 0.1) is 13.8 Å². The van der Waals surface area contributed by atoms with Gasteiger partial charge < -0.3 is 15.0 Å². The van der Waals surface area contributed by atoms with Crippen molar-refractivity contribution in [3.8, 4) is 5.75 Å². The summed E-state index contributed by atoms with van der Waals surface area (Å²) in [5, 5.41) is 11.2. The van der Waals surface area contributed by atoms with Crippen molar-refractivity contribution in [1.29, 1.82) is 0 Å². The lowest BCUT2D eigenvalue weighted by Crippen LogP contribution is -2.25. The molecule has 0 aromatic carbocycles. The summed E-state index contributed by atoms with van der Waals surface area (Å²) in [6.07, 6.45) is 2.73. The molecule has 0 bridgehead atoms. The van der Waals surface area contributed by atoms with E-state index in [1.165, 1.54) is 6.92 Å². The van der Waals surface area contributed by atoms with Crippen molar-refractivity contribution in [2.45, 2.75) is 39.8 Å². The first-order valence-corrected chi connectivity index (χ1v) is 8.43. The second kappa shape index (κ2) is 7.46. The molecule has 3 heterocycles. The zero-order valence-electron chi connectivity index (χ0n) is 14.8. The normalized spacial score (nSPS) is 16.8. The number of ether oxygens (including phenoxy) is 1. The average molecular weight is 341 g/mol. The summed E-state index contributed by atoms with van der Waals surface area (Å²) in [5.74, 6) is 1.60. The molecule has 1 unspecified atom stereocenters. The van der Waals surface area contributed by atoms with Gasteiger partial charge in [0.2, 0.25) is 5.91 Å². The molecular weight excluding hydrogens is 318 g/mol. The van der Waals surface area contributed by atoms with Gasteiger partial charge in [0.15, 0.2) is 5.82 Å². The number of carbonyl (C=O) groups excluding carboxylic acids is 1. The van der Waals surface area contributed by atoms with Crippen molar-refractivity contribution in [3.63, 3.8) is 0 Å². The van der Waals surface area contributed by atoms with Crippen LogP contribution in [0.3, 0.4) is 0 Å². The van der Waals surface area contributed by atoms with E-state index in [-0.39, 0.29) is 12.0 Å². The van der Waals surface area contributed by atoms with Crippen molar-refractivity contribution in [2.75, 3.05) is 18.0 Å². The molecule has 2 aromatic heterocycles. The molecular formula is C18H23N5O2. The number of hydrogen-bond acceptors (Lipinski definition) is 6. The first-order valence-electron chi connectivity index (χ1n) is 8.43. The zero-order valence-corrected chi connectivity index (χ0v) is 14.8. The third kappa shape index (κ3) is 4.43. The van der Waals surface area contributed by atoms with Gasteiger partial charge in [-0.3, -0.25) is 9.78 Å². The highest BCUT2D eigenvalue weighted by Crippen LogP contribution is 2.23. The largest absolute Gasteiger partial charge is 0.488 e. The lowest BCUT2D eigenvalue weighted by molar-refractivity contribution is -0.119. The molecule has 1 N–H and O–H groups in total. The van der Waals surface area contributed by atoms with Gasteiger partial charge in [-0.25, -0.2) is 0 Å². The number of amides is 1. The summed E-state index contributed by atoms with van der Waals surface area (Å²) < 4.78 is 6.09. The molecule has 7 nitrogen and oxygen atoms in total. The third-order valence-electron chi connectivity index (χ3n) is 4.30. The highest BCUT2D eigenvalue weighted by Gasteiger charge is 2.25.